The highest BCUT2D eigenvalue weighted by molar-refractivity contribution is 7.27. The second-order valence-electron chi connectivity index (χ2n) is 2.09. The van der Waals surface area contributed by atoms with Gasteiger partial charge in [-0.15, -0.1) is 19.4 Å². The molecule has 0 fully saturated rings. The van der Waals surface area contributed by atoms with Gasteiger partial charge in [0.05, 0.1) is 4.92 Å². The summed E-state index contributed by atoms with van der Waals surface area (Å²) < 4.78 is 0. The van der Waals surface area contributed by atoms with Crippen molar-refractivity contribution in [1.82, 2.24) is 0 Å². The molecular formula is C6H7N2O5P. The summed E-state index contributed by atoms with van der Waals surface area (Å²) in [4.78, 5) is 18.1. The largest absolute Gasteiger partial charge is 0.328 e. The first kappa shape index (κ1) is 12.2. The molecule has 76 valence electrons. The van der Waals surface area contributed by atoms with Crippen LogP contribution in [0, 0.1) is 20.2 Å². The van der Waals surface area contributed by atoms with Crippen LogP contribution >= 0.6 is 9.24 Å². The minimum atomic E-state index is -1.50. The van der Waals surface area contributed by atoms with E-state index in [1.165, 1.54) is 12.1 Å². The summed E-state index contributed by atoms with van der Waals surface area (Å²) in [7, 11) is 2.46. The van der Waals surface area contributed by atoms with E-state index >= 15 is 0 Å². The van der Waals surface area contributed by atoms with E-state index in [1.807, 2.05) is 0 Å². The van der Waals surface area contributed by atoms with E-state index in [4.69, 9.17) is 15.3 Å². The Bertz CT molecular complexity index is 321. The Hall–Kier alpha value is -1.75. The maximum atomic E-state index is 10.1. The molecule has 1 unspecified atom stereocenters. The zero-order chi connectivity index (χ0) is 11.1. The zero-order valence-corrected chi connectivity index (χ0v) is 8.02. The maximum absolute atomic E-state index is 10.1. The summed E-state index contributed by atoms with van der Waals surface area (Å²) in [6.45, 7) is 0. The number of nitro groups is 1. The molecule has 0 saturated heterocycles. The first-order chi connectivity index (χ1) is 6.43. The van der Waals surface area contributed by atoms with E-state index in [0.717, 1.165) is 5.30 Å². The molecule has 0 heterocycles. The van der Waals surface area contributed by atoms with Crippen LogP contribution < -0.4 is 5.30 Å². The molecule has 1 rings (SSSR count). The second-order valence-corrected chi connectivity index (χ2v) is 2.75. The highest BCUT2D eigenvalue weighted by Crippen LogP contribution is 2.07. The third kappa shape index (κ3) is 5.84. The molecule has 1 N–H and O–H groups in total. The minimum absolute atomic E-state index is 0.131. The van der Waals surface area contributed by atoms with Crippen LogP contribution in [-0.4, -0.2) is 15.2 Å². The van der Waals surface area contributed by atoms with Gasteiger partial charge in [0.2, 0.25) is 0 Å². The molecule has 0 aliphatic carbocycles. The lowest BCUT2D eigenvalue weighted by Gasteiger charge is -1.89. The number of hydrogen-bond acceptors (Lipinski definition) is 4. The molecule has 0 aliphatic rings. The molecule has 0 amide bonds. The molecule has 1 atom stereocenters. The molecule has 8 heteroatoms. The van der Waals surface area contributed by atoms with Gasteiger partial charge in [-0.05, 0) is 17.4 Å². The smallest absolute Gasteiger partial charge is 0.291 e. The first-order valence-corrected chi connectivity index (χ1v) is 3.84. The highest BCUT2D eigenvalue weighted by atomic mass is 31.0. The SMILES string of the molecule is O=[N+]([O-])O.O=[N+]([O-])c1ccc(P)cc1. The van der Waals surface area contributed by atoms with Crippen molar-refractivity contribution in [1.29, 1.82) is 0 Å². The van der Waals surface area contributed by atoms with Crippen molar-refractivity contribution >= 4 is 20.2 Å². The maximum Gasteiger partial charge on any atom is 0.291 e. The summed E-state index contributed by atoms with van der Waals surface area (Å²) >= 11 is 0. The summed E-state index contributed by atoms with van der Waals surface area (Å²) in [5.74, 6) is 0. The predicted molar refractivity (Wildman–Crippen MR) is 51.2 cm³/mol. The third-order valence-electron chi connectivity index (χ3n) is 1.10. The van der Waals surface area contributed by atoms with Crippen LogP contribution in [0.4, 0.5) is 5.69 Å². The standard InChI is InChI=1S/C6H6NO2P.HNO3/c8-7(9)5-1-3-6(10)4-2-5;2-1(3)4/h1-4H,10H2;(H,2,3,4). The molecule has 1 aromatic carbocycles. The van der Waals surface area contributed by atoms with Gasteiger partial charge in [0.1, 0.15) is 0 Å². The topological polar surface area (TPSA) is 107 Å². The lowest BCUT2D eigenvalue weighted by Crippen LogP contribution is -1.91. The van der Waals surface area contributed by atoms with Crippen molar-refractivity contribution in [3.05, 3.63) is 44.5 Å². The van der Waals surface area contributed by atoms with Gasteiger partial charge < -0.3 is 5.21 Å². The van der Waals surface area contributed by atoms with E-state index in [2.05, 4.69) is 9.24 Å². The lowest BCUT2D eigenvalue weighted by molar-refractivity contribution is -0.742. The van der Waals surface area contributed by atoms with Crippen LogP contribution in [0.2, 0.25) is 0 Å². The van der Waals surface area contributed by atoms with Crippen LogP contribution in [0.5, 0.6) is 0 Å². The van der Waals surface area contributed by atoms with Gasteiger partial charge in [0, 0.05) is 12.1 Å². The van der Waals surface area contributed by atoms with E-state index in [0.29, 0.717) is 0 Å². The van der Waals surface area contributed by atoms with Crippen LogP contribution in [-0.2, 0) is 0 Å². The van der Waals surface area contributed by atoms with Crippen molar-refractivity contribution < 1.29 is 15.2 Å². The Morgan fingerprint density at radius 1 is 1.14 bits per heavy atom. The second kappa shape index (κ2) is 5.82. The molecule has 0 aliphatic heterocycles. The lowest BCUT2D eigenvalue weighted by atomic mass is 10.3. The summed E-state index contributed by atoms with van der Waals surface area (Å²) in [6.07, 6.45) is 0. The van der Waals surface area contributed by atoms with Crippen LogP contribution in [0.15, 0.2) is 24.3 Å². The van der Waals surface area contributed by atoms with Gasteiger partial charge in [-0.3, -0.25) is 10.1 Å². The molecule has 0 spiro atoms. The van der Waals surface area contributed by atoms with Crippen molar-refractivity contribution in [3.8, 4) is 0 Å². The average molecular weight is 218 g/mol. The van der Waals surface area contributed by atoms with Crippen LogP contribution in [0.1, 0.15) is 0 Å². The van der Waals surface area contributed by atoms with E-state index in [-0.39, 0.29) is 5.69 Å². The van der Waals surface area contributed by atoms with Crippen LogP contribution in [0.25, 0.3) is 0 Å². The summed E-state index contributed by atoms with van der Waals surface area (Å²) in [5.41, 5.74) is 0.131. The fourth-order valence-electron chi connectivity index (χ4n) is 0.596. The van der Waals surface area contributed by atoms with Gasteiger partial charge in [0.25, 0.3) is 10.8 Å². The van der Waals surface area contributed by atoms with Crippen LogP contribution in [0.3, 0.4) is 0 Å². The van der Waals surface area contributed by atoms with Crippen molar-refractivity contribution in [2.45, 2.75) is 0 Å². The number of hydrogen-bond donors (Lipinski definition) is 1. The first-order valence-electron chi connectivity index (χ1n) is 3.26. The Balaban J connectivity index is 0.000000364. The molecule has 7 nitrogen and oxygen atoms in total. The third-order valence-corrected chi connectivity index (χ3v) is 1.49. The Kier molecular flexibility index (Phi) is 5.09. The number of rotatable bonds is 1. The molecule has 14 heavy (non-hydrogen) atoms. The van der Waals surface area contributed by atoms with E-state index < -0.39 is 10.0 Å². The number of benzene rings is 1. The number of nitro benzene ring substituents is 1. The molecule has 0 radical (unpaired) electrons. The van der Waals surface area contributed by atoms with Gasteiger partial charge in [-0.1, -0.05) is 0 Å². The fraction of sp³-hybridized carbons (Fsp3) is 0. The Morgan fingerprint density at radius 3 is 1.79 bits per heavy atom. The van der Waals surface area contributed by atoms with Gasteiger partial charge in [-0.25, -0.2) is 0 Å². The van der Waals surface area contributed by atoms with Crippen molar-refractivity contribution in [3.63, 3.8) is 0 Å². The monoisotopic (exact) mass is 218 g/mol. The quantitative estimate of drug-likeness (QED) is 0.425. The molecule has 0 aromatic heterocycles. The van der Waals surface area contributed by atoms with Crippen molar-refractivity contribution in [2.75, 3.05) is 0 Å². The van der Waals surface area contributed by atoms with E-state index in [1.54, 1.807) is 12.1 Å². The highest BCUT2D eigenvalue weighted by Gasteiger charge is 2.00. The van der Waals surface area contributed by atoms with Gasteiger partial charge in [-0.2, -0.15) is 0 Å². The number of non-ortho nitro benzene ring substituents is 1. The molecular weight excluding hydrogens is 211 g/mol. The zero-order valence-electron chi connectivity index (χ0n) is 6.86. The van der Waals surface area contributed by atoms with Crippen molar-refractivity contribution in [2.24, 2.45) is 0 Å². The minimum Gasteiger partial charge on any atom is -0.328 e. The Labute approximate surface area is 80.8 Å². The Morgan fingerprint density at radius 2 is 1.50 bits per heavy atom. The molecule has 0 bridgehead atoms. The summed E-state index contributed by atoms with van der Waals surface area (Å²) in [6, 6.07) is 6.32. The molecule has 0 saturated carbocycles. The fourth-order valence-corrected chi connectivity index (χ4v) is 0.788. The summed E-state index contributed by atoms with van der Waals surface area (Å²) in [5, 5.41) is 24.7. The normalized spacial score (nSPS) is 8.36. The van der Waals surface area contributed by atoms with Gasteiger partial charge in [0.15, 0.2) is 0 Å². The number of nitrogens with zero attached hydrogens (tertiary/aromatic N) is 2. The molecule has 1 aromatic rings. The van der Waals surface area contributed by atoms with Gasteiger partial charge >= 0.3 is 0 Å². The average Bonchev–Trinajstić information content (AvgIpc) is 2.03. The van der Waals surface area contributed by atoms with E-state index in [9.17, 15) is 10.1 Å². The predicted octanol–water partition coefficient (Wildman–Crippen LogP) is 0.747.